The van der Waals surface area contributed by atoms with Crippen molar-refractivity contribution in [2.24, 2.45) is 0 Å². The summed E-state index contributed by atoms with van der Waals surface area (Å²) in [6.45, 7) is 1.55. The first-order valence-electron chi connectivity index (χ1n) is 9.73. The number of amides is 2. The summed E-state index contributed by atoms with van der Waals surface area (Å²) < 4.78 is 5.19. The smallest absolute Gasteiger partial charge is 0.308 e. The largest absolute Gasteiger partial charge is 0.452 e. The summed E-state index contributed by atoms with van der Waals surface area (Å²) >= 11 is 0. The second-order valence-corrected chi connectivity index (χ2v) is 6.63. The van der Waals surface area contributed by atoms with Gasteiger partial charge >= 0.3 is 5.97 Å². The first-order chi connectivity index (χ1) is 15.0. The first-order valence-corrected chi connectivity index (χ1v) is 9.73. The molecule has 2 amide bonds. The van der Waals surface area contributed by atoms with E-state index in [0.29, 0.717) is 5.69 Å². The summed E-state index contributed by atoms with van der Waals surface area (Å²) in [5.41, 5.74) is 2.60. The van der Waals surface area contributed by atoms with E-state index >= 15 is 0 Å². The van der Waals surface area contributed by atoms with Crippen molar-refractivity contribution in [2.45, 2.75) is 19.4 Å². The first kappa shape index (κ1) is 21.6. The summed E-state index contributed by atoms with van der Waals surface area (Å²) in [4.78, 5) is 44.1. The maximum absolute atomic E-state index is 12.5. The van der Waals surface area contributed by atoms with Crippen molar-refractivity contribution in [3.05, 3.63) is 78.9 Å². The molecule has 3 aromatic rings. The van der Waals surface area contributed by atoms with Crippen molar-refractivity contribution in [3.8, 4) is 11.1 Å². The Morgan fingerprint density at radius 1 is 1.00 bits per heavy atom. The third-order valence-electron chi connectivity index (χ3n) is 4.36. The van der Waals surface area contributed by atoms with Crippen LogP contribution in [0, 0.1) is 0 Å². The van der Waals surface area contributed by atoms with Crippen LogP contribution in [0.4, 0.5) is 5.69 Å². The van der Waals surface area contributed by atoms with E-state index in [1.165, 1.54) is 25.5 Å². The van der Waals surface area contributed by atoms with Crippen molar-refractivity contribution in [2.75, 3.05) is 11.9 Å². The highest BCUT2D eigenvalue weighted by atomic mass is 16.5. The molecule has 0 saturated heterocycles. The lowest BCUT2D eigenvalue weighted by atomic mass is 10.0. The van der Waals surface area contributed by atoms with Crippen LogP contribution >= 0.6 is 0 Å². The summed E-state index contributed by atoms with van der Waals surface area (Å²) in [7, 11) is 0. The molecule has 0 aliphatic heterocycles. The molecule has 3 rings (SSSR count). The number of hydrogen-bond donors (Lipinski definition) is 2. The van der Waals surface area contributed by atoms with E-state index in [-0.39, 0.29) is 18.7 Å². The normalized spacial score (nSPS) is 11.3. The molecule has 1 atom stereocenters. The van der Waals surface area contributed by atoms with Gasteiger partial charge in [-0.15, -0.1) is 0 Å². The fourth-order valence-corrected chi connectivity index (χ4v) is 2.79. The van der Waals surface area contributed by atoms with E-state index in [9.17, 15) is 14.4 Å². The van der Waals surface area contributed by atoms with Crippen molar-refractivity contribution >= 4 is 23.5 Å². The zero-order chi connectivity index (χ0) is 22.1. The monoisotopic (exact) mass is 418 g/mol. The van der Waals surface area contributed by atoms with Gasteiger partial charge in [-0.25, -0.2) is 4.98 Å². The molecule has 8 nitrogen and oxygen atoms in total. The zero-order valence-electron chi connectivity index (χ0n) is 16.9. The van der Waals surface area contributed by atoms with Gasteiger partial charge in [-0.2, -0.15) is 0 Å². The maximum Gasteiger partial charge on any atom is 0.308 e. The van der Waals surface area contributed by atoms with Gasteiger partial charge in [-0.05, 0) is 18.6 Å². The quantitative estimate of drug-likeness (QED) is 0.545. The minimum Gasteiger partial charge on any atom is -0.452 e. The lowest BCUT2D eigenvalue weighted by Gasteiger charge is -2.16. The molecule has 0 saturated carbocycles. The molecule has 8 heteroatoms. The van der Waals surface area contributed by atoms with Gasteiger partial charge in [0.15, 0.2) is 6.10 Å². The van der Waals surface area contributed by atoms with Gasteiger partial charge in [-0.1, -0.05) is 48.5 Å². The van der Waals surface area contributed by atoms with Gasteiger partial charge in [0.05, 0.1) is 12.6 Å². The fraction of sp³-hybridized carbons (Fsp3) is 0.174. The van der Waals surface area contributed by atoms with Crippen molar-refractivity contribution in [1.82, 2.24) is 15.3 Å². The van der Waals surface area contributed by atoms with Gasteiger partial charge in [0, 0.05) is 30.2 Å². The Hall–Kier alpha value is -4.07. The van der Waals surface area contributed by atoms with Crippen LogP contribution in [0.25, 0.3) is 11.1 Å². The van der Waals surface area contributed by atoms with Crippen LogP contribution in [-0.2, 0) is 14.3 Å². The average molecular weight is 418 g/mol. The van der Waals surface area contributed by atoms with Gasteiger partial charge in [0.1, 0.15) is 5.69 Å². The lowest BCUT2D eigenvalue weighted by molar-refractivity contribution is -0.153. The predicted molar refractivity (Wildman–Crippen MR) is 115 cm³/mol. The number of nitrogens with zero attached hydrogens (tertiary/aromatic N) is 2. The summed E-state index contributed by atoms with van der Waals surface area (Å²) in [5, 5.41) is 5.36. The highest BCUT2D eigenvalue weighted by molar-refractivity contribution is 5.98. The molecular weight excluding hydrogens is 396 g/mol. The Labute approximate surface area is 179 Å². The summed E-state index contributed by atoms with van der Waals surface area (Å²) in [5.74, 6) is -1.48. The summed E-state index contributed by atoms with van der Waals surface area (Å²) in [6, 6.07) is 17.0. The molecule has 31 heavy (non-hydrogen) atoms. The second kappa shape index (κ2) is 10.6. The molecule has 0 unspecified atom stereocenters. The molecule has 2 aromatic carbocycles. The van der Waals surface area contributed by atoms with Crippen molar-refractivity contribution < 1.29 is 19.1 Å². The number of nitrogens with one attached hydrogen (secondary N) is 2. The number of carbonyl (C=O) groups excluding carboxylic acids is 3. The van der Waals surface area contributed by atoms with Crippen LogP contribution in [0.2, 0.25) is 0 Å². The summed E-state index contributed by atoms with van der Waals surface area (Å²) in [6.07, 6.45) is 3.11. The number of anilines is 1. The predicted octanol–water partition coefficient (Wildman–Crippen LogP) is 2.83. The van der Waals surface area contributed by atoms with Crippen LogP contribution in [0.1, 0.15) is 23.8 Å². The average Bonchev–Trinajstić information content (AvgIpc) is 2.80. The molecule has 0 spiro atoms. The van der Waals surface area contributed by atoms with E-state index in [4.69, 9.17) is 4.74 Å². The second-order valence-electron chi connectivity index (χ2n) is 6.63. The number of aromatic nitrogens is 2. The number of esters is 1. The number of para-hydroxylation sites is 1. The molecule has 0 bridgehead atoms. The van der Waals surface area contributed by atoms with Crippen LogP contribution < -0.4 is 10.6 Å². The Kier molecular flexibility index (Phi) is 7.42. The Morgan fingerprint density at radius 3 is 2.48 bits per heavy atom. The number of rotatable bonds is 8. The third kappa shape index (κ3) is 6.20. The maximum atomic E-state index is 12.5. The minimum atomic E-state index is -0.993. The SMILES string of the molecule is C[C@@H](OC(=O)CCNC(=O)c1cnccn1)C(=O)Nc1ccccc1-c1ccccc1. The number of hydrogen-bond acceptors (Lipinski definition) is 6. The van der Waals surface area contributed by atoms with Crippen LogP contribution in [0.3, 0.4) is 0 Å². The molecule has 1 aromatic heterocycles. The van der Waals surface area contributed by atoms with Crippen molar-refractivity contribution in [1.29, 1.82) is 0 Å². The van der Waals surface area contributed by atoms with Crippen LogP contribution in [-0.4, -0.2) is 40.4 Å². The van der Waals surface area contributed by atoms with E-state index in [0.717, 1.165) is 11.1 Å². The Morgan fingerprint density at radius 2 is 1.74 bits per heavy atom. The number of benzene rings is 2. The Balaban J connectivity index is 1.50. The van der Waals surface area contributed by atoms with Gasteiger partial charge in [0.25, 0.3) is 11.8 Å². The Bertz CT molecular complexity index is 1040. The van der Waals surface area contributed by atoms with E-state index in [1.807, 2.05) is 48.5 Å². The van der Waals surface area contributed by atoms with Crippen LogP contribution in [0.15, 0.2) is 73.2 Å². The fourth-order valence-electron chi connectivity index (χ4n) is 2.79. The van der Waals surface area contributed by atoms with E-state index < -0.39 is 23.9 Å². The third-order valence-corrected chi connectivity index (χ3v) is 4.36. The molecule has 1 heterocycles. The van der Waals surface area contributed by atoms with Gasteiger partial charge in [0.2, 0.25) is 0 Å². The van der Waals surface area contributed by atoms with Gasteiger partial charge in [-0.3, -0.25) is 19.4 Å². The number of ether oxygens (including phenoxy) is 1. The van der Waals surface area contributed by atoms with E-state index in [2.05, 4.69) is 20.6 Å². The zero-order valence-corrected chi connectivity index (χ0v) is 16.9. The molecule has 158 valence electrons. The molecule has 0 aliphatic carbocycles. The molecule has 0 aliphatic rings. The molecule has 0 fully saturated rings. The van der Waals surface area contributed by atoms with Crippen molar-refractivity contribution in [3.63, 3.8) is 0 Å². The van der Waals surface area contributed by atoms with Crippen LogP contribution in [0.5, 0.6) is 0 Å². The topological polar surface area (TPSA) is 110 Å². The van der Waals surface area contributed by atoms with Gasteiger partial charge < -0.3 is 15.4 Å². The molecule has 0 radical (unpaired) electrons. The standard InChI is InChI=1S/C23H22N4O4/c1-16(31-21(28)11-12-26-23(30)20-15-24-13-14-25-20)22(29)27-19-10-6-5-9-18(19)17-7-3-2-4-8-17/h2-10,13-16H,11-12H2,1H3,(H,26,30)(H,27,29)/t16-/m1/s1. The molecule has 2 N–H and O–H groups in total. The molecular formula is C23H22N4O4. The highest BCUT2D eigenvalue weighted by Gasteiger charge is 2.19. The number of carbonyl (C=O) groups is 3. The lowest BCUT2D eigenvalue weighted by Crippen LogP contribution is -2.32. The van der Waals surface area contributed by atoms with E-state index in [1.54, 1.807) is 6.07 Å². The highest BCUT2D eigenvalue weighted by Crippen LogP contribution is 2.27. The minimum absolute atomic E-state index is 0.0550.